The lowest BCUT2D eigenvalue weighted by Gasteiger charge is -2.25. The van der Waals surface area contributed by atoms with E-state index in [1.165, 1.54) is 6.33 Å². The van der Waals surface area contributed by atoms with Crippen LogP contribution >= 0.6 is 15.9 Å². The average molecular weight is 487 g/mol. The fourth-order valence-corrected chi connectivity index (χ4v) is 3.80. The topological polar surface area (TPSA) is 85.8 Å². The summed E-state index contributed by atoms with van der Waals surface area (Å²) in [6.07, 6.45) is 2.30. The van der Waals surface area contributed by atoms with Crippen molar-refractivity contribution < 1.29 is 19.0 Å². The number of ether oxygens (including phenoxy) is 3. The Balaban J connectivity index is 1.49. The third-order valence-corrected chi connectivity index (χ3v) is 5.40. The summed E-state index contributed by atoms with van der Waals surface area (Å²) in [5, 5.41) is 4.17. The van der Waals surface area contributed by atoms with Crippen molar-refractivity contribution in [1.29, 1.82) is 0 Å². The van der Waals surface area contributed by atoms with Gasteiger partial charge in [-0.05, 0) is 30.7 Å². The maximum absolute atomic E-state index is 11.4. The van der Waals surface area contributed by atoms with E-state index in [1.54, 1.807) is 7.11 Å². The summed E-state index contributed by atoms with van der Waals surface area (Å²) >= 11 is 3.48. The van der Waals surface area contributed by atoms with Gasteiger partial charge >= 0.3 is 5.97 Å². The lowest BCUT2D eigenvalue weighted by Crippen LogP contribution is -2.40. The highest BCUT2D eigenvalue weighted by Crippen LogP contribution is 2.35. The largest absolute Gasteiger partial charge is 0.493 e. The third kappa shape index (κ3) is 5.42. The smallest absolute Gasteiger partial charge is 0.320 e. The molecule has 4 rings (SSSR count). The molecule has 1 N–H and O–H groups in total. The van der Waals surface area contributed by atoms with E-state index in [-0.39, 0.29) is 5.97 Å². The Hall–Kier alpha value is -2.91. The number of rotatable bonds is 8. The van der Waals surface area contributed by atoms with Crippen molar-refractivity contribution in [2.24, 2.45) is 0 Å². The van der Waals surface area contributed by atoms with Crippen LogP contribution in [0.25, 0.3) is 10.9 Å². The van der Waals surface area contributed by atoms with Crippen LogP contribution in [0.15, 0.2) is 47.2 Å². The fourth-order valence-electron chi connectivity index (χ4n) is 3.40. The van der Waals surface area contributed by atoms with E-state index in [4.69, 9.17) is 14.2 Å². The fraction of sp³-hybridized carbons (Fsp3) is 0.318. The van der Waals surface area contributed by atoms with Crippen LogP contribution in [0.2, 0.25) is 0 Å². The first-order chi connectivity index (χ1) is 15.1. The van der Waals surface area contributed by atoms with Crippen LogP contribution in [0.5, 0.6) is 11.5 Å². The first-order valence-electron chi connectivity index (χ1n) is 9.98. The Labute approximate surface area is 188 Å². The van der Waals surface area contributed by atoms with Gasteiger partial charge in [-0.3, -0.25) is 9.69 Å². The maximum atomic E-state index is 11.4. The van der Waals surface area contributed by atoms with Crippen molar-refractivity contribution in [3.63, 3.8) is 0 Å². The monoisotopic (exact) mass is 486 g/mol. The minimum Gasteiger partial charge on any atom is -0.493 e. The molecule has 0 saturated carbocycles. The number of halogens is 1. The number of anilines is 2. The molecule has 1 aromatic heterocycles. The summed E-state index contributed by atoms with van der Waals surface area (Å²) in [6.45, 7) is 2.81. The van der Waals surface area contributed by atoms with Crippen molar-refractivity contribution in [2.75, 3.05) is 45.3 Å². The normalized spacial score (nSPS) is 14.3. The zero-order valence-corrected chi connectivity index (χ0v) is 18.7. The predicted octanol–water partition coefficient (Wildman–Crippen LogP) is 3.77. The highest BCUT2D eigenvalue weighted by molar-refractivity contribution is 9.10. The van der Waals surface area contributed by atoms with E-state index in [9.17, 15) is 4.79 Å². The number of aromatic nitrogens is 2. The minimum absolute atomic E-state index is 0.172. The molecule has 3 aromatic rings. The molecule has 0 spiro atoms. The van der Waals surface area contributed by atoms with Gasteiger partial charge in [0.2, 0.25) is 0 Å². The standard InChI is InChI=1S/C22H23BrN4O4/c1-29-19-12-18-17(22(25-14-24-18)26-16-5-2-4-15(23)10-16)11-20(19)30-8-3-6-27-7-9-31-21(28)13-27/h2,4-5,10-12,14H,3,6-9,13H2,1H3,(H,24,25,26). The van der Waals surface area contributed by atoms with Crippen LogP contribution in [0.3, 0.4) is 0 Å². The molecule has 9 heteroatoms. The Morgan fingerprint density at radius 2 is 2.13 bits per heavy atom. The first-order valence-corrected chi connectivity index (χ1v) is 10.8. The quantitative estimate of drug-likeness (QED) is 0.380. The molecule has 2 heterocycles. The van der Waals surface area contributed by atoms with Crippen LogP contribution in [-0.4, -0.2) is 60.8 Å². The predicted molar refractivity (Wildman–Crippen MR) is 121 cm³/mol. The van der Waals surface area contributed by atoms with Crippen molar-refractivity contribution in [1.82, 2.24) is 14.9 Å². The van der Waals surface area contributed by atoms with Crippen molar-refractivity contribution in [3.8, 4) is 11.5 Å². The second kappa shape index (κ2) is 9.93. The van der Waals surface area contributed by atoms with Crippen LogP contribution in [0.1, 0.15) is 6.42 Å². The number of hydrogen-bond donors (Lipinski definition) is 1. The maximum Gasteiger partial charge on any atom is 0.320 e. The number of nitrogens with one attached hydrogen (secondary N) is 1. The number of benzene rings is 2. The van der Waals surface area contributed by atoms with Gasteiger partial charge in [-0.1, -0.05) is 22.0 Å². The Kier molecular flexibility index (Phi) is 6.83. The summed E-state index contributed by atoms with van der Waals surface area (Å²) in [5.41, 5.74) is 1.66. The van der Waals surface area contributed by atoms with E-state index >= 15 is 0 Å². The van der Waals surface area contributed by atoms with E-state index in [1.807, 2.05) is 36.4 Å². The average Bonchev–Trinajstić information content (AvgIpc) is 2.76. The number of carbonyl (C=O) groups is 1. The molecule has 31 heavy (non-hydrogen) atoms. The second-order valence-corrected chi connectivity index (χ2v) is 7.99. The number of nitrogens with zero attached hydrogens (tertiary/aromatic N) is 3. The van der Waals surface area contributed by atoms with E-state index in [0.29, 0.717) is 37.1 Å². The number of methoxy groups -OCH3 is 1. The molecule has 1 aliphatic rings. The second-order valence-electron chi connectivity index (χ2n) is 7.08. The molecule has 0 unspecified atom stereocenters. The number of cyclic esters (lactones) is 1. The van der Waals surface area contributed by atoms with Crippen LogP contribution < -0.4 is 14.8 Å². The number of fused-ring (bicyclic) bond motifs is 1. The molecule has 0 radical (unpaired) electrons. The van der Waals surface area contributed by atoms with Crippen LogP contribution in [0, 0.1) is 0 Å². The van der Waals surface area contributed by atoms with Gasteiger partial charge < -0.3 is 19.5 Å². The van der Waals surface area contributed by atoms with Gasteiger partial charge in [0.1, 0.15) is 18.8 Å². The van der Waals surface area contributed by atoms with Gasteiger partial charge in [0, 0.05) is 34.7 Å². The molecule has 0 aliphatic carbocycles. The number of esters is 1. The molecule has 0 amide bonds. The Morgan fingerprint density at radius 3 is 2.94 bits per heavy atom. The molecule has 1 fully saturated rings. The summed E-state index contributed by atoms with van der Waals surface area (Å²) in [6, 6.07) is 11.6. The third-order valence-electron chi connectivity index (χ3n) is 4.91. The highest BCUT2D eigenvalue weighted by Gasteiger charge is 2.17. The molecule has 1 saturated heterocycles. The SMILES string of the molecule is COc1cc2ncnc(Nc3cccc(Br)c3)c2cc1OCCCN1CCOC(=O)C1. The minimum atomic E-state index is -0.172. The zero-order valence-electron chi connectivity index (χ0n) is 17.1. The zero-order chi connectivity index (χ0) is 21.6. The highest BCUT2D eigenvalue weighted by atomic mass is 79.9. The summed E-state index contributed by atoms with van der Waals surface area (Å²) in [7, 11) is 1.61. The summed E-state index contributed by atoms with van der Waals surface area (Å²) < 4.78 is 17.5. The summed E-state index contributed by atoms with van der Waals surface area (Å²) in [5.74, 6) is 1.75. The molecule has 0 atom stereocenters. The molecule has 2 aromatic carbocycles. The van der Waals surface area contributed by atoms with Gasteiger partial charge in [0.15, 0.2) is 11.5 Å². The first kappa shape index (κ1) is 21.3. The van der Waals surface area contributed by atoms with Crippen molar-refractivity contribution >= 4 is 44.3 Å². The summed E-state index contributed by atoms with van der Waals surface area (Å²) in [4.78, 5) is 22.2. The van der Waals surface area contributed by atoms with Gasteiger partial charge in [-0.15, -0.1) is 0 Å². The molecule has 8 nitrogen and oxygen atoms in total. The molecule has 0 bridgehead atoms. The number of hydrogen-bond acceptors (Lipinski definition) is 8. The molecular weight excluding hydrogens is 464 g/mol. The number of morpholine rings is 1. The Bertz CT molecular complexity index is 1080. The van der Waals surface area contributed by atoms with Crippen molar-refractivity contribution in [2.45, 2.75) is 6.42 Å². The van der Waals surface area contributed by atoms with Gasteiger partial charge in [0.05, 0.1) is 25.8 Å². The molecule has 162 valence electrons. The van der Waals surface area contributed by atoms with Crippen LogP contribution in [-0.2, 0) is 9.53 Å². The van der Waals surface area contributed by atoms with Gasteiger partial charge in [-0.25, -0.2) is 9.97 Å². The van der Waals surface area contributed by atoms with E-state index in [0.717, 1.165) is 40.6 Å². The van der Waals surface area contributed by atoms with Crippen molar-refractivity contribution in [3.05, 3.63) is 47.2 Å². The Morgan fingerprint density at radius 1 is 1.23 bits per heavy atom. The molecular formula is C22H23BrN4O4. The van der Waals surface area contributed by atoms with Gasteiger partial charge in [0.25, 0.3) is 0 Å². The van der Waals surface area contributed by atoms with Crippen LogP contribution in [0.4, 0.5) is 11.5 Å². The number of carbonyl (C=O) groups excluding carboxylic acids is 1. The lowest BCUT2D eigenvalue weighted by molar-refractivity contribution is -0.150. The van der Waals surface area contributed by atoms with E-state index < -0.39 is 0 Å². The molecule has 1 aliphatic heterocycles. The van der Waals surface area contributed by atoms with E-state index in [2.05, 4.69) is 36.1 Å². The lowest BCUT2D eigenvalue weighted by atomic mass is 10.2. The van der Waals surface area contributed by atoms with Gasteiger partial charge in [-0.2, -0.15) is 0 Å².